The first kappa shape index (κ1) is 10.5. The molecule has 0 amide bonds. The van der Waals surface area contributed by atoms with Crippen molar-refractivity contribution in [2.75, 3.05) is 7.11 Å². The Balaban J connectivity index is 2.25. The molecular weight excluding hydrogens is 206 g/mol. The number of H-pyrrole nitrogens is 1. The van der Waals surface area contributed by atoms with E-state index in [1.165, 1.54) is 6.92 Å². The van der Waals surface area contributed by atoms with Crippen molar-refractivity contribution >= 4 is 16.9 Å². The van der Waals surface area contributed by atoms with Crippen LogP contribution in [-0.2, 0) is 16.1 Å². The summed E-state index contributed by atoms with van der Waals surface area (Å²) < 4.78 is 10.0. The van der Waals surface area contributed by atoms with Crippen LogP contribution in [0.4, 0.5) is 0 Å². The van der Waals surface area contributed by atoms with Crippen LogP contribution in [0, 0.1) is 0 Å². The minimum atomic E-state index is -0.281. The molecule has 1 aromatic heterocycles. The zero-order valence-electron chi connectivity index (χ0n) is 9.24. The van der Waals surface area contributed by atoms with Crippen molar-refractivity contribution in [2.45, 2.75) is 13.5 Å². The van der Waals surface area contributed by atoms with E-state index in [-0.39, 0.29) is 12.6 Å². The Labute approximate surface area is 93.2 Å². The summed E-state index contributed by atoms with van der Waals surface area (Å²) in [6.45, 7) is 1.66. The van der Waals surface area contributed by atoms with Gasteiger partial charge in [-0.05, 0) is 24.3 Å². The van der Waals surface area contributed by atoms with Crippen LogP contribution in [0.25, 0.3) is 10.9 Å². The highest BCUT2D eigenvalue weighted by molar-refractivity contribution is 5.82. The molecule has 2 rings (SSSR count). The summed E-state index contributed by atoms with van der Waals surface area (Å²) in [5.74, 6) is 0.529. The normalized spacial score (nSPS) is 10.4. The van der Waals surface area contributed by atoms with Crippen molar-refractivity contribution in [2.24, 2.45) is 0 Å². The third kappa shape index (κ3) is 2.16. The third-order valence-electron chi connectivity index (χ3n) is 2.31. The molecule has 4 nitrogen and oxygen atoms in total. The van der Waals surface area contributed by atoms with Crippen LogP contribution in [0.1, 0.15) is 12.6 Å². The first-order valence-electron chi connectivity index (χ1n) is 4.98. The van der Waals surface area contributed by atoms with Gasteiger partial charge in [-0.3, -0.25) is 4.79 Å². The third-order valence-corrected chi connectivity index (χ3v) is 2.31. The Morgan fingerprint density at radius 3 is 2.88 bits per heavy atom. The number of ether oxygens (including phenoxy) is 2. The molecule has 0 unspecified atom stereocenters. The molecule has 2 aromatic rings. The van der Waals surface area contributed by atoms with Gasteiger partial charge in [0.25, 0.3) is 0 Å². The van der Waals surface area contributed by atoms with Gasteiger partial charge in [-0.1, -0.05) is 0 Å². The molecule has 0 aliphatic heterocycles. The number of hydrogen-bond donors (Lipinski definition) is 1. The number of rotatable bonds is 3. The quantitative estimate of drug-likeness (QED) is 0.805. The molecule has 1 aromatic carbocycles. The molecule has 0 radical (unpaired) electrons. The van der Waals surface area contributed by atoms with Gasteiger partial charge in [-0.25, -0.2) is 0 Å². The van der Waals surface area contributed by atoms with Gasteiger partial charge in [-0.15, -0.1) is 0 Å². The molecule has 16 heavy (non-hydrogen) atoms. The average Bonchev–Trinajstić information content (AvgIpc) is 2.67. The Hall–Kier alpha value is -1.97. The molecule has 0 aliphatic carbocycles. The van der Waals surface area contributed by atoms with E-state index < -0.39 is 0 Å². The number of methoxy groups -OCH3 is 1. The van der Waals surface area contributed by atoms with Crippen LogP contribution >= 0.6 is 0 Å². The second kappa shape index (κ2) is 4.26. The number of carbonyl (C=O) groups is 1. The van der Waals surface area contributed by atoms with Crippen LogP contribution in [0.2, 0.25) is 0 Å². The summed E-state index contributed by atoms with van der Waals surface area (Å²) in [6, 6.07) is 7.70. The first-order valence-corrected chi connectivity index (χ1v) is 4.98. The van der Waals surface area contributed by atoms with Gasteiger partial charge >= 0.3 is 5.97 Å². The number of esters is 1. The van der Waals surface area contributed by atoms with E-state index >= 15 is 0 Å². The van der Waals surface area contributed by atoms with E-state index in [0.717, 1.165) is 22.3 Å². The van der Waals surface area contributed by atoms with E-state index in [2.05, 4.69) is 4.98 Å². The summed E-state index contributed by atoms with van der Waals surface area (Å²) in [5, 5.41) is 1.04. The predicted octanol–water partition coefficient (Wildman–Crippen LogP) is 2.24. The lowest BCUT2D eigenvalue weighted by Gasteiger charge is -1.97. The van der Waals surface area contributed by atoms with Crippen molar-refractivity contribution in [1.29, 1.82) is 0 Å². The van der Waals surface area contributed by atoms with Gasteiger partial charge in [0, 0.05) is 17.8 Å². The predicted molar refractivity (Wildman–Crippen MR) is 60.3 cm³/mol. The SMILES string of the molecule is COc1ccc2[nH]c(COC(C)=O)cc2c1. The van der Waals surface area contributed by atoms with Crippen LogP contribution in [-0.4, -0.2) is 18.1 Å². The largest absolute Gasteiger partial charge is 0.497 e. The van der Waals surface area contributed by atoms with Gasteiger partial charge in [0.1, 0.15) is 12.4 Å². The van der Waals surface area contributed by atoms with Gasteiger partial charge < -0.3 is 14.5 Å². The summed E-state index contributed by atoms with van der Waals surface area (Å²) in [4.78, 5) is 13.8. The van der Waals surface area contributed by atoms with Crippen LogP contribution < -0.4 is 4.74 Å². The standard InChI is InChI=1S/C12H13NO3/c1-8(14)16-7-10-5-9-6-11(15-2)3-4-12(9)13-10/h3-6,13H,7H2,1-2H3. The molecule has 1 heterocycles. The van der Waals surface area contributed by atoms with Gasteiger partial charge in [0.2, 0.25) is 0 Å². The van der Waals surface area contributed by atoms with E-state index in [9.17, 15) is 4.79 Å². The van der Waals surface area contributed by atoms with Gasteiger partial charge in [0.05, 0.1) is 12.8 Å². The van der Waals surface area contributed by atoms with Crippen LogP contribution in [0.5, 0.6) is 5.75 Å². The smallest absolute Gasteiger partial charge is 0.303 e. The Bertz CT molecular complexity index is 516. The Kier molecular flexibility index (Phi) is 2.81. The highest BCUT2D eigenvalue weighted by Gasteiger charge is 2.03. The van der Waals surface area contributed by atoms with E-state index in [0.29, 0.717) is 0 Å². The second-order valence-electron chi connectivity index (χ2n) is 3.53. The van der Waals surface area contributed by atoms with Gasteiger partial charge in [-0.2, -0.15) is 0 Å². The van der Waals surface area contributed by atoms with Crippen LogP contribution in [0.3, 0.4) is 0 Å². The molecule has 0 aliphatic rings. The van der Waals surface area contributed by atoms with Crippen molar-refractivity contribution in [3.63, 3.8) is 0 Å². The molecule has 1 N–H and O–H groups in total. The minimum absolute atomic E-state index is 0.270. The van der Waals surface area contributed by atoms with E-state index in [4.69, 9.17) is 9.47 Å². The molecule has 84 valence electrons. The second-order valence-corrected chi connectivity index (χ2v) is 3.53. The molecule has 0 spiro atoms. The maximum atomic E-state index is 10.7. The molecule has 0 fully saturated rings. The summed E-state index contributed by atoms with van der Waals surface area (Å²) in [7, 11) is 1.63. The Morgan fingerprint density at radius 1 is 1.38 bits per heavy atom. The number of aromatic nitrogens is 1. The van der Waals surface area contributed by atoms with Crippen molar-refractivity contribution in [3.05, 3.63) is 30.0 Å². The topological polar surface area (TPSA) is 51.3 Å². The lowest BCUT2D eigenvalue weighted by Crippen LogP contribution is -1.98. The van der Waals surface area contributed by atoms with Gasteiger partial charge in [0.15, 0.2) is 0 Å². The van der Waals surface area contributed by atoms with Crippen LogP contribution in [0.15, 0.2) is 24.3 Å². The summed E-state index contributed by atoms with van der Waals surface area (Å²) >= 11 is 0. The number of aromatic amines is 1. The molecule has 4 heteroatoms. The fraction of sp³-hybridized carbons (Fsp3) is 0.250. The molecule has 0 saturated heterocycles. The molecular formula is C12H13NO3. The number of hydrogen-bond acceptors (Lipinski definition) is 3. The minimum Gasteiger partial charge on any atom is -0.497 e. The number of fused-ring (bicyclic) bond motifs is 1. The molecule has 0 bridgehead atoms. The summed E-state index contributed by atoms with van der Waals surface area (Å²) in [5.41, 5.74) is 1.88. The molecule has 0 atom stereocenters. The zero-order valence-corrected chi connectivity index (χ0v) is 9.24. The van der Waals surface area contributed by atoms with Crippen molar-refractivity contribution < 1.29 is 14.3 Å². The monoisotopic (exact) mass is 219 g/mol. The number of carbonyl (C=O) groups excluding carboxylic acids is 1. The maximum absolute atomic E-state index is 10.7. The highest BCUT2D eigenvalue weighted by atomic mass is 16.5. The fourth-order valence-electron chi connectivity index (χ4n) is 1.55. The van der Waals surface area contributed by atoms with E-state index in [1.54, 1.807) is 7.11 Å². The Morgan fingerprint density at radius 2 is 2.19 bits per heavy atom. The first-order chi connectivity index (χ1) is 7.69. The highest BCUT2D eigenvalue weighted by Crippen LogP contribution is 2.21. The van der Waals surface area contributed by atoms with E-state index in [1.807, 2.05) is 24.3 Å². The maximum Gasteiger partial charge on any atom is 0.303 e. The average molecular weight is 219 g/mol. The number of benzene rings is 1. The lowest BCUT2D eigenvalue weighted by atomic mass is 10.2. The van der Waals surface area contributed by atoms with Crippen molar-refractivity contribution in [3.8, 4) is 5.75 Å². The summed E-state index contributed by atoms with van der Waals surface area (Å²) in [6.07, 6.45) is 0. The zero-order chi connectivity index (χ0) is 11.5. The van der Waals surface area contributed by atoms with Crippen molar-refractivity contribution in [1.82, 2.24) is 4.98 Å². The molecule has 0 saturated carbocycles. The number of nitrogens with one attached hydrogen (secondary N) is 1. The lowest BCUT2D eigenvalue weighted by molar-refractivity contribution is -0.142. The fourth-order valence-corrected chi connectivity index (χ4v) is 1.55.